The Morgan fingerprint density at radius 1 is 1.36 bits per heavy atom. The lowest BCUT2D eigenvalue weighted by Crippen LogP contribution is -2.48. The van der Waals surface area contributed by atoms with E-state index in [1.807, 2.05) is 30.3 Å². The molecule has 2 rings (SSSR count). The summed E-state index contributed by atoms with van der Waals surface area (Å²) in [7, 11) is 1.30. The van der Waals surface area contributed by atoms with Crippen molar-refractivity contribution in [3.05, 3.63) is 35.9 Å². The van der Waals surface area contributed by atoms with Gasteiger partial charge < -0.3 is 24.1 Å². The Hall–Kier alpha value is -1.47. The van der Waals surface area contributed by atoms with E-state index in [-0.39, 0.29) is 13.2 Å². The first-order valence-corrected chi connectivity index (χ1v) is 7.30. The highest BCUT2D eigenvalue weighted by Crippen LogP contribution is 2.20. The maximum atomic E-state index is 11.0. The van der Waals surface area contributed by atoms with Crippen molar-refractivity contribution in [2.45, 2.75) is 31.3 Å². The summed E-state index contributed by atoms with van der Waals surface area (Å²) in [6.45, 7) is 0.863. The topological polar surface area (TPSA) is 74.2 Å². The van der Waals surface area contributed by atoms with Gasteiger partial charge in [0, 0.05) is 6.61 Å². The Bertz CT molecular complexity index is 449. The molecule has 22 heavy (non-hydrogen) atoms. The van der Waals surface area contributed by atoms with Crippen LogP contribution < -0.4 is 0 Å². The minimum absolute atomic E-state index is 0.141. The average molecular weight is 310 g/mol. The van der Waals surface area contributed by atoms with Crippen molar-refractivity contribution in [3.63, 3.8) is 0 Å². The van der Waals surface area contributed by atoms with Gasteiger partial charge in [0.25, 0.3) is 0 Å². The fraction of sp³-hybridized carbons (Fsp3) is 0.562. The summed E-state index contributed by atoms with van der Waals surface area (Å²) in [4.78, 5) is 11.0. The molecule has 1 heterocycles. The predicted molar refractivity (Wildman–Crippen MR) is 78.2 cm³/mol. The number of hydrogen-bond donors (Lipinski definition) is 1. The molecule has 0 aliphatic carbocycles. The Morgan fingerprint density at radius 3 is 2.86 bits per heavy atom. The maximum Gasteiger partial charge on any atom is 0.331 e. The molecule has 0 aromatic heterocycles. The molecular weight excluding hydrogens is 288 g/mol. The molecule has 6 heteroatoms. The van der Waals surface area contributed by atoms with E-state index in [2.05, 4.69) is 4.74 Å². The predicted octanol–water partition coefficient (Wildman–Crippen LogP) is 0.911. The normalized spacial score (nSPS) is 24.9. The Labute approximate surface area is 129 Å². The van der Waals surface area contributed by atoms with Gasteiger partial charge in [0.1, 0.15) is 18.8 Å². The van der Waals surface area contributed by atoms with Crippen LogP contribution in [0.15, 0.2) is 30.3 Å². The lowest BCUT2D eigenvalue weighted by molar-refractivity contribution is -0.182. The van der Waals surface area contributed by atoms with Gasteiger partial charge in [-0.3, -0.25) is 0 Å². The van der Waals surface area contributed by atoms with Crippen LogP contribution in [0.5, 0.6) is 0 Å². The molecule has 1 fully saturated rings. The summed E-state index contributed by atoms with van der Waals surface area (Å²) < 4.78 is 21.2. The number of ether oxygens (including phenoxy) is 4. The van der Waals surface area contributed by atoms with E-state index in [1.54, 1.807) is 0 Å². The van der Waals surface area contributed by atoms with Gasteiger partial charge in [-0.2, -0.15) is 0 Å². The van der Waals surface area contributed by atoms with Crippen LogP contribution in [0.3, 0.4) is 0 Å². The first-order chi connectivity index (χ1) is 10.7. The quantitative estimate of drug-likeness (QED) is 0.755. The second-order valence-corrected chi connectivity index (χ2v) is 5.12. The van der Waals surface area contributed by atoms with Crippen LogP contribution in [-0.4, -0.2) is 56.3 Å². The standard InChI is InChI=1S/C16H22O6/c1-19-15(18)11-20-10-14-16(13(17)7-8-21-14)22-9-12-5-3-2-4-6-12/h2-6,13-14,16-17H,7-11H2,1H3/t13?,14?,16-/m0/s1. The number of aliphatic hydroxyl groups is 1. The number of rotatable bonds is 7. The molecule has 0 saturated carbocycles. The minimum atomic E-state index is -0.607. The maximum absolute atomic E-state index is 11.0. The van der Waals surface area contributed by atoms with Crippen LogP contribution in [-0.2, 0) is 30.3 Å². The SMILES string of the molecule is COC(=O)COCC1OCCC(O)[C@@H]1OCc1ccccc1. The second-order valence-electron chi connectivity index (χ2n) is 5.12. The van der Waals surface area contributed by atoms with Crippen molar-refractivity contribution >= 4 is 5.97 Å². The van der Waals surface area contributed by atoms with Crippen molar-refractivity contribution < 1.29 is 28.8 Å². The van der Waals surface area contributed by atoms with Gasteiger partial charge in [0.15, 0.2) is 0 Å². The number of aliphatic hydroxyl groups excluding tert-OH is 1. The van der Waals surface area contributed by atoms with Gasteiger partial charge in [-0.05, 0) is 12.0 Å². The lowest BCUT2D eigenvalue weighted by Gasteiger charge is -2.35. The molecule has 3 atom stereocenters. The van der Waals surface area contributed by atoms with Gasteiger partial charge in [-0.1, -0.05) is 30.3 Å². The van der Waals surface area contributed by atoms with Gasteiger partial charge in [-0.25, -0.2) is 4.79 Å². The molecule has 1 aliphatic heterocycles. The molecule has 0 bridgehead atoms. The van der Waals surface area contributed by atoms with E-state index in [1.165, 1.54) is 7.11 Å². The molecule has 2 unspecified atom stereocenters. The molecule has 0 amide bonds. The zero-order valence-electron chi connectivity index (χ0n) is 12.6. The zero-order chi connectivity index (χ0) is 15.8. The highest BCUT2D eigenvalue weighted by molar-refractivity contribution is 5.70. The molecule has 1 aromatic carbocycles. The molecule has 0 spiro atoms. The zero-order valence-corrected chi connectivity index (χ0v) is 12.6. The summed E-state index contributed by atoms with van der Waals surface area (Å²) in [6, 6.07) is 9.72. The number of methoxy groups -OCH3 is 1. The van der Waals surface area contributed by atoms with Crippen LogP contribution in [0.4, 0.5) is 0 Å². The van der Waals surface area contributed by atoms with Crippen LogP contribution >= 0.6 is 0 Å². The van der Waals surface area contributed by atoms with E-state index in [4.69, 9.17) is 14.2 Å². The largest absolute Gasteiger partial charge is 0.467 e. The van der Waals surface area contributed by atoms with Gasteiger partial charge in [0.2, 0.25) is 0 Å². The molecule has 122 valence electrons. The summed E-state index contributed by atoms with van der Waals surface area (Å²) >= 11 is 0. The molecule has 1 N–H and O–H groups in total. The monoisotopic (exact) mass is 310 g/mol. The second kappa shape index (κ2) is 8.85. The molecule has 0 radical (unpaired) electrons. The summed E-state index contributed by atoms with van der Waals surface area (Å²) in [5, 5.41) is 10.1. The van der Waals surface area contributed by atoms with Crippen molar-refractivity contribution in [2.75, 3.05) is 26.9 Å². The summed E-state index contributed by atoms with van der Waals surface area (Å²) in [5.41, 5.74) is 1.02. The highest BCUT2D eigenvalue weighted by atomic mass is 16.6. The lowest BCUT2D eigenvalue weighted by atomic mass is 10.0. The van der Waals surface area contributed by atoms with Crippen LogP contribution in [0.25, 0.3) is 0 Å². The van der Waals surface area contributed by atoms with E-state index >= 15 is 0 Å². The highest BCUT2D eigenvalue weighted by Gasteiger charge is 2.34. The van der Waals surface area contributed by atoms with Gasteiger partial charge >= 0.3 is 5.97 Å². The third-order valence-corrected chi connectivity index (χ3v) is 3.51. The van der Waals surface area contributed by atoms with Gasteiger partial charge in [-0.15, -0.1) is 0 Å². The Morgan fingerprint density at radius 2 is 2.14 bits per heavy atom. The molecule has 1 aliphatic rings. The minimum Gasteiger partial charge on any atom is -0.467 e. The van der Waals surface area contributed by atoms with Gasteiger partial charge in [0.05, 0.1) is 26.4 Å². The number of esters is 1. The third-order valence-electron chi connectivity index (χ3n) is 3.51. The first kappa shape index (κ1) is 16.9. The third kappa shape index (κ3) is 5.06. The summed E-state index contributed by atoms with van der Waals surface area (Å²) in [6.07, 6.45) is -0.972. The number of hydrogen-bond acceptors (Lipinski definition) is 6. The number of carbonyl (C=O) groups is 1. The van der Waals surface area contributed by atoms with E-state index < -0.39 is 24.3 Å². The van der Waals surface area contributed by atoms with Crippen LogP contribution in [0, 0.1) is 0 Å². The molecule has 1 saturated heterocycles. The van der Waals surface area contributed by atoms with E-state index in [0.29, 0.717) is 19.6 Å². The smallest absolute Gasteiger partial charge is 0.331 e. The van der Waals surface area contributed by atoms with Crippen molar-refractivity contribution in [1.29, 1.82) is 0 Å². The molecule has 1 aromatic rings. The number of benzene rings is 1. The molecule has 6 nitrogen and oxygen atoms in total. The molecular formula is C16H22O6. The van der Waals surface area contributed by atoms with Crippen molar-refractivity contribution in [3.8, 4) is 0 Å². The summed E-state index contributed by atoms with van der Waals surface area (Å²) in [5.74, 6) is -0.446. The van der Waals surface area contributed by atoms with Crippen LogP contribution in [0.1, 0.15) is 12.0 Å². The Balaban J connectivity index is 1.85. The first-order valence-electron chi connectivity index (χ1n) is 7.30. The fourth-order valence-corrected chi connectivity index (χ4v) is 2.29. The Kier molecular flexibility index (Phi) is 6.79. The van der Waals surface area contributed by atoms with E-state index in [9.17, 15) is 9.90 Å². The van der Waals surface area contributed by atoms with Crippen molar-refractivity contribution in [2.24, 2.45) is 0 Å². The van der Waals surface area contributed by atoms with Crippen molar-refractivity contribution in [1.82, 2.24) is 0 Å². The number of carbonyl (C=O) groups excluding carboxylic acids is 1. The van der Waals surface area contributed by atoms with Crippen LogP contribution in [0.2, 0.25) is 0 Å². The average Bonchev–Trinajstić information content (AvgIpc) is 2.55. The fourth-order valence-electron chi connectivity index (χ4n) is 2.29. The van der Waals surface area contributed by atoms with E-state index in [0.717, 1.165) is 5.56 Å².